The van der Waals surface area contributed by atoms with E-state index in [0.717, 1.165) is 21.6 Å². The van der Waals surface area contributed by atoms with Crippen LogP contribution in [-0.2, 0) is 9.59 Å². The van der Waals surface area contributed by atoms with Gasteiger partial charge in [-0.15, -0.1) is 11.8 Å². The molecule has 5 aromatic rings. The van der Waals surface area contributed by atoms with Crippen LogP contribution < -0.4 is 16.0 Å². The Morgan fingerprint density at radius 2 is 1.34 bits per heavy atom. The monoisotopic (exact) mass is 617 g/mol. The highest BCUT2D eigenvalue weighted by molar-refractivity contribution is 8.00. The van der Waals surface area contributed by atoms with Crippen LogP contribution >= 0.6 is 23.4 Å². The lowest BCUT2D eigenvalue weighted by Gasteiger charge is -2.12. The number of amides is 3. The van der Waals surface area contributed by atoms with E-state index in [4.69, 9.17) is 11.6 Å². The number of anilines is 2. The number of rotatable bonds is 10. The Labute approximate surface area is 265 Å². The summed E-state index contributed by atoms with van der Waals surface area (Å²) in [6.45, 7) is 0. The van der Waals surface area contributed by atoms with Crippen LogP contribution in [0.2, 0.25) is 5.02 Å². The molecule has 0 spiro atoms. The molecule has 8 heteroatoms. The molecule has 0 saturated heterocycles. The molecule has 0 fully saturated rings. The third-order valence-electron chi connectivity index (χ3n) is 6.47. The van der Waals surface area contributed by atoms with Gasteiger partial charge in [0.25, 0.3) is 11.8 Å². The van der Waals surface area contributed by atoms with Gasteiger partial charge in [0.2, 0.25) is 5.91 Å². The number of hydrogen-bond donors (Lipinski definition) is 3. The zero-order valence-electron chi connectivity index (χ0n) is 23.5. The maximum atomic E-state index is 13.5. The molecular formula is C36H28ClN3O3S. The summed E-state index contributed by atoms with van der Waals surface area (Å²) in [6.07, 6.45) is 1.64. The van der Waals surface area contributed by atoms with Crippen LogP contribution in [0.5, 0.6) is 0 Å². The third kappa shape index (κ3) is 8.47. The van der Waals surface area contributed by atoms with Gasteiger partial charge in [-0.1, -0.05) is 103 Å². The summed E-state index contributed by atoms with van der Waals surface area (Å²) < 4.78 is 0. The lowest BCUT2D eigenvalue weighted by Crippen LogP contribution is -2.30. The molecule has 44 heavy (non-hydrogen) atoms. The first kappa shape index (κ1) is 30.4. The molecule has 0 unspecified atom stereocenters. The van der Waals surface area contributed by atoms with Crippen LogP contribution in [0.4, 0.5) is 11.4 Å². The summed E-state index contributed by atoms with van der Waals surface area (Å²) in [4.78, 5) is 39.8. The molecule has 3 N–H and O–H groups in total. The van der Waals surface area contributed by atoms with Crippen LogP contribution in [0.25, 0.3) is 17.2 Å². The molecule has 218 valence electrons. The SMILES string of the molecule is O=C(CSc1cccc(NC(=O)/C(=C\c2ccc(-c3ccccc3)cc2)NC(=O)c2ccccc2)c1)Nc1ccccc1Cl. The average molecular weight is 618 g/mol. The molecule has 0 aliphatic rings. The smallest absolute Gasteiger partial charge is 0.272 e. The van der Waals surface area contributed by atoms with Gasteiger partial charge < -0.3 is 16.0 Å². The van der Waals surface area contributed by atoms with E-state index < -0.39 is 11.8 Å². The van der Waals surface area contributed by atoms with Gasteiger partial charge >= 0.3 is 0 Å². The van der Waals surface area contributed by atoms with E-state index in [0.29, 0.717) is 22.0 Å². The minimum atomic E-state index is -0.486. The normalized spacial score (nSPS) is 11.0. The average Bonchev–Trinajstić information content (AvgIpc) is 3.06. The fourth-order valence-electron chi connectivity index (χ4n) is 4.27. The van der Waals surface area contributed by atoms with Crippen molar-refractivity contribution in [3.63, 3.8) is 0 Å². The molecule has 0 aliphatic carbocycles. The van der Waals surface area contributed by atoms with Crippen molar-refractivity contribution in [1.82, 2.24) is 5.32 Å². The summed E-state index contributed by atoms with van der Waals surface area (Å²) in [5, 5.41) is 8.91. The fraction of sp³-hybridized carbons (Fsp3) is 0.0278. The molecule has 0 aliphatic heterocycles. The van der Waals surface area contributed by atoms with Gasteiger partial charge in [0, 0.05) is 16.1 Å². The Balaban J connectivity index is 1.30. The highest BCUT2D eigenvalue weighted by Gasteiger charge is 2.16. The van der Waals surface area contributed by atoms with E-state index in [2.05, 4.69) is 16.0 Å². The molecule has 5 rings (SSSR count). The van der Waals surface area contributed by atoms with Gasteiger partial charge in [-0.3, -0.25) is 14.4 Å². The lowest BCUT2D eigenvalue weighted by atomic mass is 10.0. The first-order valence-corrected chi connectivity index (χ1v) is 15.1. The number of hydrogen-bond acceptors (Lipinski definition) is 4. The molecule has 5 aromatic carbocycles. The van der Waals surface area contributed by atoms with Crippen molar-refractivity contribution in [1.29, 1.82) is 0 Å². The number of benzene rings is 5. The highest BCUT2D eigenvalue weighted by atomic mass is 35.5. The number of para-hydroxylation sites is 1. The molecular weight excluding hydrogens is 590 g/mol. The van der Waals surface area contributed by atoms with Gasteiger partial charge in [0.05, 0.1) is 16.5 Å². The third-order valence-corrected chi connectivity index (χ3v) is 7.79. The highest BCUT2D eigenvalue weighted by Crippen LogP contribution is 2.25. The fourth-order valence-corrected chi connectivity index (χ4v) is 5.21. The summed E-state index contributed by atoms with van der Waals surface area (Å²) in [5.41, 5.74) is 4.45. The minimum Gasteiger partial charge on any atom is -0.324 e. The number of carbonyl (C=O) groups is 3. The van der Waals surface area contributed by atoms with Crippen molar-refractivity contribution < 1.29 is 14.4 Å². The van der Waals surface area contributed by atoms with Gasteiger partial charge in [0.15, 0.2) is 0 Å². The van der Waals surface area contributed by atoms with Gasteiger partial charge in [0.1, 0.15) is 5.70 Å². The van der Waals surface area contributed by atoms with E-state index in [-0.39, 0.29) is 17.4 Å². The van der Waals surface area contributed by atoms with Crippen molar-refractivity contribution in [2.45, 2.75) is 4.90 Å². The molecule has 0 atom stereocenters. The number of carbonyl (C=O) groups excluding carboxylic acids is 3. The summed E-state index contributed by atoms with van der Waals surface area (Å²) in [6, 6.07) is 40.6. The van der Waals surface area contributed by atoms with Crippen molar-refractivity contribution in [2.75, 3.05) is 16.4 Å². The number of thioether (sulfide) groups is 1. The topological polar surface area (TPSA) is 87.3 Å². The second kappa shape index (κ2) is 14.9. The maximum absolute atomic E-state index is 13.5. The quantitative estimate of drug-likeness (QED) is 0.109. The van der Waals surface area contributed by atoms with E-state index in [1.165, 1.54) is 11.8 Å². The Hall–Kier alpha value is -5.11. The van der Waals surface area contributed by atoms with Gasteiger partial charge in [-0.25, -0.2) is 0 Å². The van der Waals surface area contributed by atoms with Crippen LogP contribution in [0.1, 0.15) is 15.9 Å². The van der Waals surface area contributed by atoms with Crippen molar-refractivity contribution >= 4 is 58.5 Å². The van der Waals surface area contributed by atoms with Crippen molar-refractivity contribution in [3.8, 4) is 11.1 Å². The second-order valence-corrected chi connectivity index (χ2v) is 11.1. The van der Waals surface area contributed by atoms with E-state index in [9.17, 15) is 14.4 Å². The van der Waals surface area contributed by atoms with Crippen LogP contribution in [0, 0.1) is 0 Å². The van der Waals surface area contributed by atoms with Crippen molar-refractivity contribution in [2.24, 2.45) is 0 Å². The Morgan fingerprint density at radius 1 is 0.682 bits per heavy atom. The first-order valence-electron chi connectivity index (χ1n) is 13.8. The zero-order chi connectivity index (χ0) is 30.7. The predicted octanol–water partition coefficient (Wildman–Crippen LogP) is 8.15. The van der Waals surface area contributed by atoms with E-state index in [1.54, 1.807) is 72.8 Å². The Bertz CT molecular complexity index is 1790. The minimum absolute atomic E-state index is 0.0866. The molecule has 0 saturated carbocycles. The Kier molecular flexibility index (Phi) is 10.3. The van der Waals surface area contributed by atoms with Gasteiger partial charge in [-0.05, 0) is 65.2 Å². The van der Waals surface area contributed by atoms with Gasteiger partial charge in [-0.2, -0.15) is 0 Å². The molecule has 3 amide bonds. The second-order valence-electron chi connectivity index (χ2n) is 9.66. The largest absolute Gasteiger partial charge is 0.324 e. The molecule has 0 heterocycles. The van der Waals surface area contributed by atoms with Crippen molar-refractivity contribution in [3.05, 3.63) is 155 Å². The number of nitrogens with one attached hydrogen (secondary N) is 3. The lowest BCUT2D eigenvalue weighted by molar-refractivity contribution is -0.114. The van der Waals surface area contributed by atoms with Crippen LogP contribution in [-0.4, -0.2) is 23.5 Å². The molecule has 6 nitrogen and oxygen atoms in total. The van der Waals surface area contributed by atoms with E-state index >= 15 is 0 Å². The molecule has 0 radical (unpaired) electrons. The molecule has 0 aromatic heterocycles. The first-order chi connectivity index (χ1) is 21.4. The Morgan fingerprint density at radius 3 is 2.07 bits per heavy atom. The zero-order valence-corrected chi connectivity index (χ0v) is 25.1. The number of halogens is 1. The molecule has 0 bridgehead atoms. The van der Waals surface area contributed by atoms with E-state index in [1.807, 2.05) is 66.7 Å². The predicted molar refractivity (Wildman–Crippen MR) is 180 cm³/mol. The maximum Gasteiger partial charge on any atom is 0.272 e. The summed E-state index contributed by atoms with van der Waals surface area (Å²) in [7, 11) is 0. The summed E-state index contributed by atoms with van der Waals surface area (Å²) >= 11 is 7.46. The summed E-state index contributed by atoms with van der Waals surface area (Å²) in [5.74, 6) is -0.939. The standard InChI is InChI=1S/C36H28ClN3O3S/c37-31-16-7-8-17-32(31)39-34(41)24-44-30-15-9-14-29(23-30)38-36(43)33(40-35(42)28-12-5-2-6-13-28)22-25-18-20-27(21-19-25)26-10-3-1-4-11-26/h1-23H,24H2,(H,38,43)(H,39,41)(H,40,42)/b33-22+. The van der Waals surface area contributed by atoms with Crippen LogP contribution in [0.3, 0.4) is 0 Å². The van der Waals surface area contributed by atoms with Crippen LogP contribution in [0.15, 0.2) is 144 Å².